The van der Waals surface area contributed by atoms with Crippen molar-refractivity contribution in [1.82, 2.24) is 10.3 Å². The maximum absolute atomic E-state index is 5.91. The quantitative estimate of drug-likeness (QED) is 0.843. The molecule has 0 aliphatic heterocycles. The van der Waals surface area contributed by atoms with Crippen molar-refractivity contribution in [3.8, 4) is 11.6 Å². The normalized spacial score (nSPS) is 10.6. The maximum Gasteiger partial charge on any atom is 0.219 e. The van der Waals surface area contributed by atoms with Crippen LogP contribution in [-0.4, -0.2) is 11.5 Å². The third-order valence-corrected chi connectivity index (χ3v) is 3.70. The van der Waals surface area contributed by atoms with Gasteiger partial charge in [-0.2, -0.15) is 0 Å². The highest BCUT2D eigenvalue weighted by molar-refractivity contribution is 9.10. The Hall–Kier alpha value is -1.10. The van der Waals surface area contributed by atoms with E-state index in [0.29, 0.717) is 16.7 Å². The number of pyridine rings is 1. The molecule has 2 rings (SSSR count). The van der Waals surface area contributed by atoms with E-state index in [0.717, 1.165) is 23.3 Å². The summed E-state index contributed by atoms with van der Waals surface area (Å²) in [4.78, 5) is 4.47. The lowest BCUT2D eigenvalue weighted by Crippen LogP contribution is -2.13. The third kappa shape index (κ3) is 3.95. The zero-order valence-electron chi connectivity index (χ0n) is 11.4. The largest absolute Gasteiger partial charge is 0.438 e. The number of nitrogens with zero attached hydrogens (tertiary/aromatic N) is 1. The minimum absolute atomic E-state index is 0.575. The van der Waals surface area contributed by atoms with Crippen LogP contribution in [0.2, 0.25) is 5.02 Å². The second-order valence-electron chi connectivity index (χ2n) is 4.35. The predicted molar refractivity (Wildman–Crippen MR) is 85.6 cm³/mol. The van der Waals surface area contributed by atoms with E-state index >= 15 is 0 Å². The number of hydrogen-bond donors (Lipinski definition) is 1. The average Bonchev–Trinajstić information content (AvgIpc) is 2.41. The van der Waals surface area contributed by atoms with Gasteiger partial charge in [0.2, 0.25) is 5.88 Å². The van der Waals surface area contributed by atoms with E-state index in [9.17, 15) is 0 Å². The third-order valence-electron chi connectivity index (χ3n) is 2.84. The minimum Gasteiger partial charge on any atom is -0.438 e. The van der Waals surface area contributed by atoms with Crippen molar-refractivity contribution in [2.24, 2.45) is 0 Å². The molecule has 0 saturated heterocycles. The van der Waals surface area contributed by atoms with Gasteiger partial charge in [-0.05, 0) is 53.2 Å². The van der Waals surface area contributed by atoms with Gasteiger partial charge in [-0.15, -0.1) is 0 Å². The van der Waals surface area contributed by atoms with E-state index < -0.39 is 0 Å². The fourth-order valence-corrected chi connectivity index (χ4v) is 2.50. The van der Waals surface area contributed by atoms with Gasteiger partial charge in [0, 0.05) is 23.3 Å². The summed E-state index contributed by atoms with van der Waals surface area (Å²) in [5.41, 5.74) is 2.14. The number of aryl methyl sites for hydroxylation is 1. The van der Waals surface area contributed by atoms with Crippen molar-refractivity contribution in [3.63, 3.8) is 0 Å². The van der Waals surface area contributed by atoms with Gasteiger partial charge in [-0.25, -0.2) is 4.98 Å². The van der Waals surface area contributed by atoms with Crippen molar-refractivity contribution < 1.29 is 4.74 Å². The Morgan fingerprint density at radius 3 is 2.75 bits per heavy atom. The van der Waals surface area contributed by atoms with Crippen LogP contribution in [-0.2, 0) is 6.54 Å². The highest BCUT2D eigenvalue weighted by Gasteiger charge is 2.06. The topological polar surface area (TPSA) is 34.1 Å². The number of halogens is 2. The molecule has 1 N–H and O–H groups in total. The second-order valence-corrected chi connectivity index (χ2v) is 5.64. The summed E-state index contributed by atoms with van der Waals surface area (Å²) in [6.45, 7) is 5.82. The molecule has 5 heteroatoms. The molecule has 1 aromatic heterocycles. The van der Waals surface area contributed by atoms with Gasteiger partial charge in [0.05, 0.1) is 4.47 Å². The number of benzene rings is 1. The van der Waals surface area contributed by atoms with Crippen LogP contribution in [0.3, 0.4) is 0 Å². The molecule has 0 aliphatic carbocycles. The predicted octanol–water partition coefficient (Wildman–Crippen LogP) is 4.71. The van der Waals surface area contributed by atoms with Crippen molar-refractivity contribution in [2.75, 3.05) is 6.54 Å². The van der Waals surface area contributed by atoms with Crippen LogP contribution in [0.1, 0.15) is 18.2 Å². The van der Waals surface area contributed by atoms with E-state index in [1.165, 1.54) is 5.56 Å². The van der Waals surface area contributed by atoms with Gasteiger partial charge >= 0.3 is 0 Å². The SMILES string of the molecule is CCNCc1ccc(Oc2ccc(Cl)cc2Br)nc1C. The van der Waals surface area contributed by atoms with E-state index in [1.807, 2.05) is 25.1 Å². The number of nitrogens with one attached hydrogen (secondary N) is 1. The molecule has 0 fully saturated rings. The molecule has 0 saturated carbocycles. The fraction of sp³-hybridized carbons (Fsp3) is 0.267. The van der Waals surface area contributed by atoms with Gasteiger partial charge in [0.1, 0.15) is 5.75 Å². The Balaban J connectivity index is 2.15. The molecular weight excluding hydrogens is 340 g/mol. The molecule has 1 aromatic carbocycles. The minimum atomic E-state index is 0.575. The second kappa shape index (κ2) is 7.07. The van der Waals surface area contributed by atoms with Crippen LogP contribution in [0.4, 0.5) is 0 Å². The van der Waals surface area contributed by atoms with Crippen LogP contribution in [0.15, 0.2) is 34.8 Å². The van der Waals surface area contributed by atoms with Gasteiger partial charge < -0.3 is 10.1 Å². The molecule has 0 aliphatic rings. The van der Waals surface area contributed by atoms with E-state index in [4.69, 9.17) is 16.3 Å². The van der Waals surface area contributed by atoms with Crippen molar-refractivity contribution in [3.05, 3.63) is 51.1 Å². The van der Waals surface area contributed by atoms with E-state index in [2.05, 4.69) is 33.2 Å². The summed E-state index contributed by atoms with van der Waals surface area (Å²) in [6, 6.07) is 9.30. The van der Waals surface area contributed by atoms with Gasteiger partial charge in [-0.1, -0.05) is 24.6 Å². The molecule has 0 spiro atoms. The first kappa shape index (κ1) is 15.3. The molecule has 0 bridgehead atoms. The van der Waals surface area contributed by atoms with Crippen LogP contribution in [0, 0.1) is 6.92 Å². The van der Waals surface area contributed by atoms with Gasteiger partial charge in [0.15, 0.2) is 0 Å². The van der Waals surface area contributed by atoms with Gasteiger partial charge in [-0.3, -0.25) is 0 Å². The summed E-state index contributed by atoms with van der Waals surface area (Å²) in [6.07, 6.45) is 0. The molecule has 2 aromatic rings. The molecule has 0 unspecified atom stereocenters. The van der Waals surface area contributed by atoms with Crippen LogP contribution in [0.5, 0.6) is 11.6 Å². The maximum atomic E-state index is 5.91. The summed E-state index contributed by atoms with van der Waals surface area (Å²) in [5.74, 6) is 1.27. The molecule has 20 heavy (non-hydrogen) atoms. The highest BCUT2D eigenvalue weighted by atomic mass is 79.9. The first-order valence-corrected chi connectivity index (χ1v) is 7.57. The summed E-state index contributed by atoms with van der Waals surface area (Å²) >= 11 is 9.33. The first-order chi connectivity index (χ1) is 9.60. The smallest absolute Gasteiger partial charge is 0.219 e. The molecule has 0 radical (unpaired) electrons. The van der Waals surface area contributed by atoms with Gasteiger partial charge in [0.25, 0.3) is 0 Å². The molecule has 1 heterocycles. The summed E-state index contributed by atoms with van der Waals surface area (Å²) in [7, 11) is 0. The zero-order chi connectivity index (χ0) is 14.5. The molecular formula is C15H16BrClN2O. The molecule has 106 valence electrons. The Bertz CT molecular complexity index is 604. The first-order valence-electron chi connectivity index (χ1n) is 6.40. The standard InChI is InChI=1S/C15H16BrClN2O/c1-3-18-9-11-4-7-15(19-10(11)2)20-14-6-5-12(17)8-13(14)16/h4-8,18H,3,9H2,1-2H3. The van der Waals surface area contributed by atoms with Crippen molar-refractivity contribution in [2.45, 2.75) is 20.4 Å². The van der Waals surface area contributed by atoms with E-state index in [1.54, 1.807) is 12.1 Å². The Kier molecular flexibility index (Phi) is 5.40. The van der Waals surface area contributed by atoms with Crippen molar-refractivity contribution >= 4 is 27.5 Å². The number of ether oxygens (including phenoxy) is 1. The Morgan fingerprint density at radius 1 is 1.30 bits per heavy atom. The van der Waals surface area contributed by atoms with Crippen LogP contribution in [0.25, 0.3) is 0 Å². The number of hydrogen-bond acceptors (Lipinski definition) is 3. The van der Waals surface area contributed by atoms with Crippen molar-refractivity contribution in [1.29, 1.82) is 0 Å². The highest BCUT2D eigenvalue weighted by Crippen LogP contribution is 2.31. The molecule has 0 amide bonds. The summed E-state index contributed by atoms with van der Waals surface area (Å²) < 4.78 is 6.57. The average molecular weight is 356 g/mol. The zero-order valence-corrected chi connectivity index (χ0v) is 13.8. The van der Waals surface area contributed by atoms with Crippen LogP contribution < -0.4 is 10.1 Å². The number of rotatable bonds is 5. The Morgan fingerprint density at radius 2 is 2.10 bits per heavy atom. The molecule has 0 atom stereocenters. The number of aromatic nitrogens is 1. The lowest BCUT2D eigenvalue weighted by Gasteiger charge is -2.10. The monoisotopic (exact) mass is 354 g/mol. The van der Waals surface area contributed by atoms with E-state index in [-0.39, 0.29) is 0 Å². The lowest BCUT2D eigenvalue weighted by molar-refractivity contribution is 0.458. The molecule has 3 nitrogen and oxygen atoms in total. The van der Waals surface area contributed by atoms with Crippen LogP contribution >= 0.6 is 27.5 Å². The Labute approximate surface area is 132 Å². The lowest BCUT2D eigenvalue weighted by atomic mass is 10.2. The summed E-state index contributed by atoms with van der Waals surface area (Å²) in [5, 5.41) is 3.95. The fourth-order valence-electron chi connectivity index (χ4n) is 1.74.